The van der Waals surface area contributed by atoms with E-state index >= 15 is 0 Å². The highest BCUT2D eigenvalue weighted by Gasteiger charge is 2.30. The van der Waals surface area contributed by atoms with Gasteiger partial charge in [0.2, 0.25) is 5.95 Å². The average Bonchev–Trinajstić information content (AvgIpc) is 3.06. The molecule has 26 heavy (non-hydrogen) atoms. The molecule has 4 rings (SSSR count). The van der Waals surface area contributed by atoms with E-state index in [1.807, 2.05) is 23.1 Å². The number of fused-ring (bicyclic) bond motifs is 1. The first kappa shape index (κ1) is 16.4. The SMILES string of the molecule is FC(F)(F)c1cccc(Nc2ccnc(N3CCc4ccccc43)n2)c1. The predicted molar refractivity (Wildman–Crippen MR) is 93.9 cm³/mol. The monoisotopic (exact) mass is 356 g/mol. The summed E-state index contributed by atoms with van der Waals surface area (Å²) in [5.74, 6) is 0.964. The first-order valence-corrected chi connectivity index (χ1v) is 8.13. The molecule has 0 saturated carbocycles. The van der Waals surface area contributed by atoms with Gasteiger partial charge in [0, 0.05) is 24.1 Å². The van der Waals surface area contributed by atoms with Gasteiger partial charge >= 0.3 is 6.18 Å². The third kappa shape index (κ3) is 3.20. The number of aromatic nitrogens is 2. The molecule has 132 valence electrons. The Morgan fingerprint density at radius 1 is 1.00 bits per heavy atom. The second kappa shape index (κ2) is 6.33. The molecule has 2 aromatic carbocycles. The summed E-state index contributed by atoms with van der Waals surface area (Å²) in [6.07, 6.45) is -1.88. The van der Waals surface area contributed by atoms with Gasteiger partial charge < -0.3 is 10.2 Å². The van der Waals surface area contributed by atoms with Crippen LogP contribution in [0.4, 0.5) is 36.3 Å². The minimum absolute atomic E-state index is 0.325. The maximum Gasteiger partial charge on any atom is 0.416 e. The van der Waals surface area contributed by atoms with Gasteiger partial charge in [-0.2, -0.15) is 18.2 Å². The fourth-order valence-electron chi connectivity index (χ4n) is 3.02. The van der Waals surface area contributed by atoms with E-state index in [4.69, 9.17) is 0 Å². The first-order chi connectivity index (χ1) is 12.5. The number of para-hydroxylation sites is 1. The Bertz CT molecular complexity index is 940. The molecule has 1 aromatic heterocycles. The summed E-state index contributed by atoms with van der Waals surface area (Å²) in [7, 11) is 0. The van der Waals surface area contributed by atoms with E-state index in [0.29, 0.717) is 17.5 Å². The van der Waals surface area contributed by atoms with Crippen molar-refractivity contribution >= 4 is 23.1 Å². The zero-order valence-corrected chi connectivity index (χ0v) is 13.7. The number of rotatable bonds is 3. The first-order valence-electron chi connectivity index (χ1n) is 8.13. The number of hydrogen-bond acceptors (Lipinski definition) is 4. The van der Waals surface area contributed by atoms with Crippen molar-refractivity contribution in [2.45, 2.75) is 12.6 Å². The lowest BCUT2D eigenvalue weighted by atomic mass is 10.2. The number of nitrogens with one attached hydrogen (secondary N) is 1. The van der Waals surface area contributed by atoms with Crippen LogP contribution in [0.2, 0.25) is 0 Å². The molecule has 0 bridgehead atoms. The molecular formula is C19H15F3N4. The van der Waals surface area contributed by atoms with Crippen LogP contribution < -0.4 is 10.2 Å². The molecule has 0 saturated heterocycles. The van der Waals surface area contributed by atoms with Crippen LogP contribution in [-0.2, 0) is 12.6 Å². The summed E-state index contributed by atoms with van der Waals surface area (Å²) in [6, 6.07) is 14.7. The van der Waals surface area contributed by atoms with E-state index in [2.05, 4.69) is 21.4 Å². The van der Waals surface area contributed by atoms with Gasteiger partial charge in [-0.05, 0) is 42.3 Å². The van der Waals surface area contributed by atoms with Gasteiger partial charge in [0.15, 0.2) is 0 Å². The summed E-state index contributed by atoms with van der Waals surface area (Å²) >= 11 is 0. The van der Waals surface area contributed by atoms with Crippen molar-refractivity contribution < 1.29 is 13.2 Å². The molecule has 1 aliphatic rings. The third-order valence-corrected chi connectivity index (χ3v) is 4.23. The maximum atomic E-state index is 12.9. The Balaban J connectivity index is 1.60. The number of nitrogens with zero attached hydrogens (tertiary/aromatic N) is 3. The van der Waals surface area contributed by atoms with Crippen LogP contribution in [0.3, 0.4) is 0 Å². The second-order valence-corrected chi connectivity index (χ2v) is 5.98. The van der Waals surface area contributed by atoms with Gasteiger partial charge in [-0.3, -0.25) is 0 Å². The minimum Gasteiger partial charge on any atom is -0.340 e. The van der Waals surface area contributed by atoms with Gasteiger partial charge in [-0.1, -0.05) is 24.3 Å². The van der Waals surface area contributed by atoms with Crippen LogP contribution in [0.1, 0.15) is 11.1 Å². The molecule has 0 fully saturated rings. The Kier molecular flexibility index (Phi) is 3.99. The summed E-state index contributed by atoms with van der Waals surface area (Å²) in [5, 5.41) is 2.93. The highest BCUT2D eigenvalue weighted by molar-refractivity contribution is 5.67. The Labute approximate surface area is 148 Å². The van der Waals surface area contributed by atoms with E-state index in [-0.39, 0.29) is 0 Å². The molecule has 0 radical (unpaired) electrons. The smallest absolute Gasteiger partial charge is 0.340 e. The molecule has 0 spiro atoms. The topological polar surface area (TPSA) is 41.1 Å². The molecule has 0 atom stereocenters. The number of anilines is 4. The molecule has 4 nitrogen and oxygen atoms in total. The molecule has 1 N–H and O–H groups in total. The fraction of sp³-hybridized carbons (Fsp3) is 0.158. The van der Waals surface area contributed by atoms with Crippen LogP contribution in [0.15, 0.2) is 60.8 Å². The lowest BCUT2D eigenvalue weighted by Crippen LogP contribution is -2.16. The van der Waals surface area contributed by atoms with Crippen LogP contribution in [0, 0.1) is 0 Å². The van der Waals surface area contributed by atoms with Crippen molar-refractivity contribution in [3.63, 3.8) is 0 Å². The molecule has 7 heteroatoms. The van der Waals surface area contributed by atoms with Crippen molar-refractivity contribution in [1.82, 2.24) is 9.97 Å². The Morgan fingerprint density at radius 3 is 2.69 bits per heavy atom. The normalized spacial score (nSPS) is 13.6. The largest absolute Gasteiger partial charge is 0.416 e. The number of halogens is 3. The van der Waals surface area contributed by atoms with E-state index in [9.17, 15) is 13.2 Å². The molecule has 1 aliphatic heterocycles. The molecular weight excluding hydrogens is 341 g/mol. The quantitative estimate of drug-likeness (QED) is 0.722. The van der Waals surface area contributed by atoms with Crippen molar-refractivity contribution in [2.75, 3.05) is 16.8 Å². The van der Waals surface area contributed by atoms with Crippen LogP contribution >= 0.6 is 0 Å². The summed E-state index contributed by atoms with van der Waals surface area (Å²) < 4.78 is 38.6. The van der Waals surface area contributed by atoms with Gasteiger partial charge in [0.25, 0.3) is 0 Å². The van der Waals surface area contributed by atoms with E-state index in [0.717, 1.165) is 30.8 Å². The number of benzene rings is 2. The van der Waals surface area contributed by atoms with E-state index in [1.165, 1.54) is 11.6 Å². The van der Waals surface area contributed by atoms with Crippen LogP contribution in [-0.4, -0.2) is 16.5 Å². The molecule has 2 heterocycles. The van der Waals surface area contributed by atoms with Crippen molar-refractivity contribution in [2.24, 2.45) is 0 Å². The molecule has 3 aromatic rings. The minimum atomic E-state index is -4.38. The van der Waals surface area contributed by atoms with Crippen LogP contribution in [0.25, 0.3) is 0 Å². The summed E-state index contributed by atoms with van der Waals surface area (Å²) in [4.78, 5) is 10.8. The molecule has 0 aliphatic carbocycles. The fourth-order valence-corrected chi connectivity index (χ4v) is 3.02. The van der Waals surface area contributed by atoms with Crippen molar-refractivity contribution in [3.05, 3.63) is 71.9 Å². The van der Waals surface area contributed by atoms with Gasteiger partial charge in [-0.15, -0.1) is 0 Å². The Hall–Kier alpha value is -3.09. The zero-order valence-electron chi connectivity index (χ0n) is 13.7. The van der Waals surface area contributed by atoms with Crippen molar-refractivity contribution in [3.8, 4) is 0 Å². The van der Waals surface area contributed by atoms with Crippen LogP contribution in [0.5, 0.6) is 0 Å². The second-order valence-electron chi connectivity index (χ2n) is 5.98. The van der Waals surface area contributed by atoms with Gasteiger partial charge in [0.1, 0.15) is 5.82 Å². The molecule has 0 unspecified atom stereocenters. The van der Waals surface area contributed by atoms with E-state index < -0.39 is 11.7 Å². The summed E-state index contributed by atoms with van der Waals surface area (Å²) in [6.45, 7) is 0.770. The zero-order chi connectivity index (χ0) is 18.1. The third-order valence-electron chi connectivity index (χ3n) is 4.23. The molecule has 0 amide bonds. The predicted octanol–water partition coefficient (Wildman–Crippen LogP) is 4.93. The van der Waals surface area contributed by atoms with Crippen molar-refractivity contribution in [1.29, 1.82) is 0 Å². The lowest BCUT2D eigenvalue weighted by Gasteiger charge is -2.18. The standard InChI is InChI=1S/C19H15F3N4/c20-19(21,22)14-5-3-6-15(12-14)24-17-8-10-23-18(25-17)26-11-9-13-4-1-2-7-16(13)26/h1-8,10,12H,9,11H2,(H,23,24,25). The lowest BCUT2D eigenvalue weighted by molar-refractivity contribution is -0.137. The Morgan fingerprint density at radius 2 is 1.85 bits per heavy atom. The maximum absolute atomic E-state index is 12.9. The van der Waals surface area contributed by atoms with Gasteiger partial charge in [-0.25, -0.2) is 4.98 Å². The summed E-state index contributed by atoms with van der Waals surface area (Å²) in [5.41, 5.74) is 1.91. The number of alkyl halides is 3. The average molecular weight is 356 g/mol. The van der Waals surface area contributed by atoms with E-state index in [1.54, 1.807) is 18.3 Å². The number of hydrogen-bond donors (Lipinski definition) is 1. The van der Waals surface area contributed by atoms with Gasteiger partial charge in [0.05, 0.1) is 5.56 Å². The highest BCUT2D eigenvalue weighted by atomic mass is 19.4. The highest BCUT2D eigenvalue weighted by Crippen LogP contribution is 2.33.